The number of phosphoric acid groups is 1. The molecule has 0 saturated carbocycles. The van der Waals surface area contributed by atoms with Gasteiger partial charge in [-0.05, 0) is 13.3 Å². The van der Waals surface area contributed by atoms with Crippen LogP contribution in [0, 0.1) is 6.92 Å². The molecule has 2 fully saturated rings. The second-order valence-electron chi connectivity index (χ2n) is 6.19. The van der Waals surface area contributed by atoms with Gasteiger partial charge in [0.05, 0.1) is 6.61 Å². The Labute approximate surface area is 144 Å². The molecule has 140 valence electrons. The van der Waals surface area contributed by atoms with Gasteiger partial charge in [0.1, 0.15) is 23.6 Å². The highest BCUT2D eigenvalue weighted by atomic mass is 31.2. The zero-order valence-electron chi connectivity index (χ0n) is 14.2. The van der Waals surface area contributed by atoms with Crippen LogP contribution in [0.3, 0.4) is 0 Å². The summed E-state index contributed by atoms with van der Waals surface area (Å²) in [7, 11) is -3.18. The number of rotatable bonds is 5. The highest BCUT2D eigenvalue weighted by Gasteiger charge is 2.60. The maximum absolute atomic E-state index is 12.3. The number of fused-ring (bicyclic) bond motifs is 2. The Hall–Kier alpha value is -1.29. The average Bonchev–Trinajstić information content (AvgIpc) is 2.73. The van der Waals surface area contributed by atoms with Crippen molar-refractivity contribution in [3.05, 3.63) is 22.2 Å². The van der Waals surface area contributed by atoms with Gasteiger partial charge in [0.15, 0.2) is 6.23 Å². The van der Waals surface area contributed by atoms with Crippen LogP contribution < -0.4 is 11.4 Å². The quantitative estimate of drug-likeness (QED) is 0.714. The lowest BCUT2D eigenvalue weighted by Crippen LogP contribution is -2.49. The van der Waals surface area contributed by atoms with E-state index in [-0.39, 0.29) is 5.82 Å². The fourth-order valence-corrected chi connectivity index (χ4v) is 4.03. The number of nitrogens with two attached hydrogens (primary N) is 1. The van der Waals surface area contributed by atoms with Crippen LogP contribution in [0.4, 0.5) is 5.82 Å². The molecule has 1 aromatic rings. The van der Waals surface area contributed by atoms with Crippen molar-refractivity contribution in [3.8, 4) is 0 Å². The molecular weight excluding hydrogens is 353 g/mol. The van der Waals surface area contributed by atoms with E-state index in [9.17, 15) is 14.3 Å². The van der Waals surface area contributed by atoms with Crippen molar-refractivity contribution in [1.82, 2.24) is 9.55 Å². The van der Waals surface area contributed by atoms with Crippen molar-refractivity contribution in [2.45, 2.75) is 50.7 Å². The zero-order valence-corrected chi connectivity index (χ0v) is 15.1. The number of ether oxygens (including phenoxy) is 2. The number of aromatic nitrogens is 2. The molecule has 2 bridgehead atoms. The molecule has 3 unspecified atom stereocenters. The predicted molar refractivity (Wildman–Crippen MR) is 86.9 cm³/mol. The number of hydrogen-bond donors (Lipinski definition) is 2. The largest absolute Gasteiger partial charge is 0.472 e. The molecule has 2 aliphatic rings. The molecule has 0 aromatic carbocycles. The van der Waals surface area contributed by atoms with Crippen molar-refractivity contribution in [2.24, 2.45) is 0 Å². The maximum Gasteiger partial charge on any atom is 0.472 e. The van der Waals surface area contributed by atoms with E-state index in [1.165, 1.54) is 10.8 Å². The van der Waals surface area contributed by atoms with Crippen LogP contribution in [-0.2, 0) is 23.1 Å². The van der Waals surface area contributed by atoms with E-state index in [0.29, 0.717) is 25.0 Å². The summed E-state index contributed by atoms with van der Waals surface area (Å²) < 4.78 is 35.0. The number of anilines is 1. The van der Waals surface area contributed by atoms with E-state index >= 15 is 0 Å². The average molecular weight is 375 g/mol. The highest BCUT2D eigenvalue weighted by Crippen LogP contribution is 2.54. The number of nitrogens with zero attached hydrogens (tertiary/aromatic N) is 2. The van der Waals surface area contributed by atoms with Gasteiger partial charge in [-0.1, -0.05) is 6.92 Å². The molecule has 3 heterocycles. The van der Waals surface area contributed by atoms with Gasteiger partial charge in [-0.2, -0.15) is 4.98 Å². The molecule has 0 radical (unpaired) electrons. The Balaban J connectivity index is 2.02. The van der Waals surface area contributed by atoms with Crippen molar-refractivity contribution >= 4 is 13.6 Å². The summed E-state index contributed by atoms with van der Waals surface area (Å²) in [6, 6.07) is 0. The van der Waals surface area contributed by atoms with Crippen LogP contribution in [0.2, 0.25) is 0 Å². The van der Waals surface area contributed by atoms with Gasteiger partial charge in [0.2, 0.25) is 0 Å². The normalized spacial score (nSPS) is 34.0. The second kappa shape index (κ2) is 6.46. The predicted octanol–water partition coefficient (Wildman–Crippen LogP) is 0.732. The summed E-state index contributed by atoms with van der Waals surface area (Å²) in [6.07, 6.45) is 0.0380. The lowest BCUT2D eigenvalue weighted by molar-refractivity contribution is -0.120. The van der Waals surface area contributed by atoms with Crippen molar-refractivity contribution < 1.29 is 28.0 Å². The molecule has 2 aliphatic heterocycles. The van der Waals surface area contributed by atoms with E-state index in [2.05, 4.69) is 9.51 Å². The first-order valence-electron chi connectivity index (χ1n) is 7.94. The Kier molecular flexibility index (Phi) is 4.78. The van der Waals surface area contributed by atoms with Gasteiger partial charge in [-0.25, -0.2) is 9.36 Å². The first-order chi connectivity index (χ1) is 11.7. The number of aryl methyl sites for hydroxylation is 1. The maximum atomic E-state index is 12.3. The minimum Gasteiger partial charge on any atom is -0.383 e. The van der Waals surface area contributed by atoms with Crippen molar-refractivity contribution in [3.63, 3.8) is 0 Å². The summed E-state index contributed by atoms with van der Waals surface area (Å²) >= 11 is 0. The Morgan fingerprint density at radius 2 is 2.32 bits per heavy atom. The number of hydrogen-bond acceptors (Lipinski definition) is 8. The first kappa shape index (κ1) is 18.5. The molecule has 10 nitrogen and oxygen atoms in total. The minimum atomic E-state index is -4.26. The topological polar surface area (TPSA) is 135 Å². The summed E-state index contributed by atoms with van der Waals surface area (Å²) in [5.41, 5.74) is 4.83. The van der Waals surface area contributed by atoms with Crippen LogP contribution in [0.25, 0.3) is 0 Å². The Morgan fingerprint density at radius 1 is 1.60 bits per heavy atom. The third kappa shape index (κ3) is 3.14. The van der Waals surface area contributed by atoms with Gasteiger partial charge in [-0.15, -0.1) is 0 Å². The summed E-state index contributed by atoms with van der Waals surface area (Å²) in [5, 5.41) is 0. The fraction of sp³-hybridized carbons (Fsp3) is 0.714. The van der Waals surface area contributed by atoms with Gasteiger partial charge >= 0.3 is 13.5 Å². The SMILES string of the molecule is CCC12CCO[C@@H](C1OP(=O)(O)OC)[C@H](n1cc(C)c(N)nc1=O)O2. The molecule has 3 rings (SSSR count). The number of nitrogen functional groups attached to an aromatic ring is 1. The Bertz CT molecular complexity index is 769. The summed E-state index contributed by atoms with van der Waals surface area (Å²) in [4.78, 5) is 25.8. The third-order valence-corrected chi connectivity index (χ3v) is 5.77. The highest BCUT2D eigenvalue weighted by molar-refractivity contribution is 7.47. The lowest BCUT2D eigenvalue weighted by Gasteiger charge is -2.37. The summed E-state index contributed by atoms with van der Waals surface area (Å²) in [6.45, 7) is 3.98. The Morgan fingerprint density at radius 3 is 2.96 bits per heavy atom. The van der Waals surface area contributed by atoms with E-state index in [0.717, 1.165) is 7.11 Å². The van der Waals surface area contributed by atoms with Crippen LogP contribution in [0.1, 0.15) is 31.6 Å². The minimum absolute atomic E-state index is 0.139. The molecule has 3 N–H and O–H groups in total. The molecule has 5 atom stereocenters. The molecule has 0 aliphatic carbocycles. The molecular formula is C14H22N3O7P. The van der Waals surface area contributed by atoms with E-state index in [1.54, 1.807) is 6.92 Å². The van der Waals surface area contributed by atoms with E-state index < -0.39 is 37.5 Å². The smallest absolute Gasteiger partial charge is 0.383 e. The van der Waals surface area contributed by atoms with E-state index in [1.807, 2.05) is 6.92 Å². The standard InChI is InChI=1S/C14H22N3O7P/c1-4-14-5-6-22-9(10(14)24-25(19,20)21-3)12(23-14)17-7-8(2)11(15)16-13(17)18/h7,9-10,12H,4-6H2,1-3H3,(H,19,20)(H2,15,16,18)/t9-,10?,12+,14?/m0/s1. The van der Waals surface area contributed by atoms with Crippen molar-refractivity contribution in [2.75, 3.05) is 19.5 Å². The van der Waals surface area contributed by atoms with Crippen LogP contribution in [-0.4, -0.2) is 46.0 Å². The zero-order chi connectivity index (χ0) is 18.4. The molecule has 11 heteroatoms. The molecule has 0 spiro atoms. The monoisotopic (exact) mass is 375 g/mol. The molecule has 25 heavy (non-hydrogen) atoms. The molecule has 2 saturated heterocycles. The van der Waals surface area contributed by atoms with Crippen LogP contribution in [0.15, 0.2) is 11.0 Å². The van der Waals surface area contributed by atoms with Crippen LogP contribution in [0.5, 0.6) is 0 Å². The van der Waals surface area contributed by atoms with Crippen LogP contribution >= 0.6 is 7.82 Å². The van der Waals surface area contributed by atoms with Gasteiger partial charge in [0, 0.05) is 25.3 Å². The van der Waals surface area contributed by atoms with Gasteiger partial charge in [-0.3, -0.25) is 13.6 Å². The lowest BCUT2D eigenvalue weighted by atomic mass is 9.87. The number of phosphoric ester groups is 1. The second-order valence-corrected chi connectivity index (χ2v) is 7.70. The summed E-state index contributed by atoms with van der Waals surface area (Å²) in [5.74, 6) is 0.139. The van der Waals surface area contributed by atoms with Gasteiger partial charge < -0.3 is 20.1 Å². The van der Waals surface area contributed by atoms with Gasteiger partial charge in [0.25, 0.3) is 0 Å². The molecule has 1 aromatic heterocycles. The molecule has 0 amide bonds. The van der Waals surface area contributed by atoms with E-state index in [4.69, 9.17) is 19.7 Å². The first-order valence-corrected chi connectivity index (χ1v) is 9.44. The fourth-order valence-electron chi connectivity index (χ4n) is 3.34. The third-order valence-electron chi connectivity index (χ3n) is 4.81. The van der Waals surface area contributed by atoms with Crippen molar-refractivity contribution in [1.29, 1.82) is 0 Å².